The second kappa shape index (κ2) is 7.08. The molecule has 1 fully saturated rings. The van der Waals surface area contributed by atoms with E-state index in [0.717, 1.165) is 0 Å². The van der Waals surface area contributed by atoms with Crippen LogP contribution in [0, 0.1) is 0 Å². The van der Waals surface area contributed by atoms with E-state index in [4.69, 9.17) is 14.9 Å². The molecule has 4 rings (SSSR count). The van der Waals surface area contributed by atoms with Gasteiger partial charge in [0.1, 0.15) is 5.69 Å². The summed E-state index contributed by atoms with van der Waals surface area (Å²) in [6, 6.07) is 5.32. The Kier molecular flexibility index (Phi) is 4.60. The van der Waals surface area contributed by atoms with Gasteiger partial charge in [0.15, 0.2) is 17.5 Å². The van der Waals surface area contributed by atoms with Gasteiger partial charge >= 0.3 is 0 Å². The smallest absolute Gasteiger partial charge is 0.254 e. The van der Waals surface area contributed by atoms with Crippen molar-refractivity contribution >= 4 is 22.8 Å². The maximum atomic E-state index is 13.3. The van der Waals surface area contributed by atoms with E-state index in [-0.39, 0.29) is 25.1 Å². The van der Waals surface area contributed by atoms with Crippen LogP contribution in [0.3, 0.4) is 0 Å². The maximum absolute atomic E-state index is 13.3. The summed E-state index contributed by atoms with van der Waals surface area (Å²) in [4.78, 5) is 31.0. The lowest BCUT2D eigenvalue weighted by Crippen LogP contribution is -2.50. The van der Waals surface area contributed by atoms with Crippen molar-refractivity contribution in [3.8, 4) is 11.5 Å². The molecule has 1 atom stereocenters. The highest BCUT2D eigenvalue weighted by Gasteiger charge is 2.30. The Balaban J connectivity index is 1.81. The summed E-state index contributed by atoms with van der Waals surface area (Å²) in [5.74, 6) is -0.246. The molecule has 9 nitrogen and oxygen atoms in total. The van der Waals surface area contributed by atoms with Crippen molar-refractivity contribution in [2.75, 3.05) is 19.7 Å². The summed E-state index contributed by atoms with van der Waals surface area (Å²) in [6.07, 6.45) is 2.40. The van der Waals surface area contributed by atoms with Crippen molar-refractivity contribution in [2.24, 2.45) is 5.73 Å². The van der Waals surface area contributed by atoms with E-state index in [2.05, 4.69) is 10.1 Å². The highest BCUT2D eigenvalue weighted by atomic mass is 16.5. The number of pyridine rings is 1. The number of rotatable bonds is 4. The number of ether oxygens (including phenoxy) is 1. The molecule has 0 aliphatic carbocycles. The van der Waals surface area contributed by atoms with E-state index < -0.39 is 12.0 Å². The third-order valence-corrected chi connectivity index (χ3v) is 4.73. The predicted molar refractivity (Wildman–Crippen MR) is 100 cm³/mol. The van der Waals surface area contributed by atoms with Crippen LogP contribution in [0.4, 0.5) is 0 Å². The minimum Gasteiger partial charge on any atom is -0.463 e. The zero-order valence-corrected chi connectivity index (χ0v) is 15.7. The third-order valence-electron chi connectivity index (χ3n) is 4.73. The second-order valence-electron chi connectivity index (χ2n) is 6.97. The van der Waals surface area contributed by atoms with Crippen LogP contribution in [-0.4, -0.2) is 57.3 Å². The number of furan rings is 1. The normalized spacial score (nSPS) is 17.4. The monoisotopic (exact) mass is 383 g/mol. The number of nitrogens with two attached hydrogens (primary N) is 1. The minimum absolute atomic E-state index is 0.0717. The van der Waals surface area contributed by atoms with Crippen LogP contribution in [0.5, 0.6) is 0 Å². The number of hydrogen-bond donors (Lipinski definition) is 1. The molecule has 3 aromatic heterocycles. The number of hydrogen-bond acceptors (Lipinski definition) is 6. The molecule has 4 heterocycles. The van der Waals surface area contributed by atoms with Gasteiger partial charge in [-0.05, 0) is 32.0 Å². The number of carbonyl (C=O) groups is 2. The van der Waals surface area contributed by atoms with Crippen LogP contribution >= 0.6 is 0 Å². The van der Waals surface area contributed by atoms with Crippen molar-refractivity contribution in [2.45, 2.75) is 26.0 Å². The van der Waals surface area contributed by atoms with Crippen LogP contribution in [0.25, 0.3) is 22.5 Å². The predicted octanol–water partition coefficient (Wildman–Crippen LogP) is 1.60. The largest absolute Gasteiger partial charge is 0.463 e. The highest BCUT2D eigenvalue weighted by Crippen LogP contribution is 2.28. The summed E-state index contributed by atoms with van der Waals surface area (Å²) in [5.41, 5.74) is 6.95. The van der Waals surface area contributed by atoms with Gasteiger partial charge in [-0.1, -0.05) is 0 Å². The summed E-state index contributed by atoms with van der Waals surface area (Å²) in [6.45, 7) is 4.74. The fraction of sp³-hybridized carbons (Fsp3) is 0.368. The van der Waals surface area contributed by atoms with Crippen LogP contribution in [0.2, 0.25) is 0 Å². The lowest BCUT2D eigenvalue weighted by atomic mass is 10.1. The molecule has 9 heteroatoms. The van der Waals surface area contributed by atoms with E-state index in [1.54, 1.807) is 40.2 Å². The van der Waals surface area contributed by atoms with Crippen molar-refractivity contribution < 1.29 is 18.7 Å². The van der Waals surface area contributed by atoms with Gasteiger partial charge in [0.2, 0.25) is 5.91 Å². The fourth-order valence-corrected chi connectivity index (χ4v) is 3.30. The van der Waals surface area contributed by atoms with Gasteiger partial charge in [-0.2, -0.15) is 5.10 Å². The number of primary amides is 1. The van der Waals surface area contributed by atoms with Crippen LogP contribution < -0.4 is 5.73 Å². The van der Waals surface area contributed by atoms with Crippen LogP contribution in [-0.2, 0) is 9.53 Å². The maximum Gasteiger partial charge on any atom is 0.254 e. The van der Waals surface area contributed by atoms with Gasteiger partial charge in [0.05, 0.1) is 36.6 Å². The lowest BCUT2D eigenvalue weighted by molar-refractivity contribution is -0.133. The topological polar surface area (TPSA) is 116 Å². The average molecular weight is 383 g/mol. The number of fused-ring (bicyclic) bond motifs is 1. The Labute approximate surface area is 161 Å². The second-order valence-corrected chi connectivity index (χ2v) is 6.97. The molecular formula is C19H21N5O4. The molecule has 0 saturated carbocycles. The van der Waals surface area contributed by atoms with Crippen molar-refractivity contribution in [1.29, 1.82) is 0 Å². The van der Waals surface area contributed by atoms with Gasteiger partial charge < -0.3 is 19.8 Å². The number of aromatic nitrogens is 3. The summed E-state index contributed by atoms with van der Waals surface area (Å²) in [7, 11) is 0. The highest BCUT2D eigenvalue weighted by molar-refractivity contribution is 6.06. The van der Waals surface area contributed by atoms with Gasteiger partial charge in [-0.3, -0.25) is 9.59 Å². The molecule has 0 radical (unpaired) electrons. The van der Waals surface area contributed by atoms with Crippen LogP contribution in [0.1, 0.15) is 30.2 Å². The minimum atomic E-state index is -0.807. The van der Waals surface area contributed by atoms with E-state index in [1.807, 2.05) is 13.8 Å². The van der Waals surface area contributed by atoms with Crippen molar-refractivity contribution in [1.82, 2.24) is 19.7 Å². The van der Waals surface area contributed by atoms with E-state index in [1.165, 1.54) is 0 Å². The van der Waals surface area contributed by atoms with Crippen molar-refractivity contribution in [3.05, 3.63) is 36.2 Å². The molecule has 0 aromatic carbocycles. The number of amides is 2. The summed E-state index contributed by atoms with van der Waals surface area (Å²) in [5, 5.41) is 5.05. The molecule has 2 amide bonds. The summed E-state index contributed by atoms with van der Waals surface area (Å²) < 4.78 is 12.6. The molecule has 3 aromatic rings. The third kappa shape index (κ3) is 3.13. The summed E-state index contributed by atoms with van der Waals surface area (Å²) >= 11 is 0. The van der Waals surface area contributed by atoms with E-state index >= 15 is 0 Å². The van der Waals surface area contributed by atoms with E-state index in [9.17, 15) is 9.59 Å². The van der Waals surface area contributed by atoms with Gasteiger partial charge in [-0.25, -0.2) is 9.67 Å². The number of carbonyl (C=O) groups excluding carboxylic acids is 2. The van der Waals surface area contributed by atoms with Gasteiger partial charge in [0, 0.05) is 12.6 Å². The number of nitrogens with zero attached hydrogens (tertiary/aromatic N) is 4. The Bertz CT molecular complexity index is 1020. The standard InChI is InChI=1S/C19H21N5O4/c1-11(2)24-18-13(9-21-24)12(8-14(22-18)15-4-3-6-27-15)19(26)23-5-7-28-16(10-23)17(20)25/h3-4,6,8-9,11,16H,5,7,10H2,1-2H3,(H2,20,25). The number of morpholine rings is 1. The Morgan fingerprint density at radius 1 is 1.36 bits per heavy atom. The molecule has 28 heavy (non-hydrogen) atoms. The Morgan fingerprint density at radius 2 is 2.18 bits per heavy atom. The van der Waals surface area contributed by atoms with E-state index in [0.29, 0.717) is 34.6 Å². The molecule has 2 N–H and O–H groups in total. The van der Waals surface area contributed by atoms with Crippen LogP contribution in [0.15, 0.2) is 35.1 Å². The van der Waals surface area contributed by atoms with Gasteiger partial charge in [-0.15, -0.1) is 0 Å². The van der Waals surface area contributed by atoms with Gasteiger partial charge in [0.25, 0.3) is 5.91 Å². The molecule has 0 spiro atoms. The first kappa shape index (κ1) is 18.2. The molecule has 1 aliphatic rings. The Hall–Kier alpha value is -3.20. The molecule has 0 bridgehead atoms. The van der Waals surface area contributed by atoms with Crippen molar-refractivity contribution in [3.63, 3.8) is 0 Å². The lowest BCUT2D eigenvalue weighted by Gasteiger charge is -2.31. The molecular weight excluding hydrogens is 362 g/mol. The first-order valence-corrected chi connectivity index (χ1v) is 9.08. The fourth-order valence-electron chi connectivity index (χ4n) is 3.30. The molecule has 146 valence electrons. The molecule has 1 saturated heterocycles. The zero-order valence-electron chi connectivity index (χ0n) is 15.7. The molecule has 1 unspecified atom stereocenters. The SMILES string of the molecule is CC(C)n1ncc2c(C(=O)N3CCOC(C(N)=O)C3)cc(-c3ccco3)nc21. The molecule has 1 aliphatic heterocycles. The first-order valence-electron chi connectivity index (χ1n) is 9.08. The zero-order chi connectivity index (χ0) is 19.8. The average Bonchev–Trinajstić information content (AvgIpc) is 3.36. The first-order chi connectivity index (χ1) is 13.5. The Morgan fingerprint density at radius 3 is 2.86 bits per heavy atom. The quantitative estimate of drug-likeness (QED) is 0.731.